The molecule has 2 aromatic heterocycles. The van der Waals surface area contributed by atoms with Gasteiger partial charge in [-0.2, -0.15) is 0 Å². The highest BCUT2D eigenvalue weighted by atomic mass is 32.1. The molecule has 5 rings (SSSR count). The zero-order valence-corrected chi connectivity index (χ0v) is 23.8. The fraction of sp³-hybridized carbons (Fsp3) is 0.312. The molecule has 2 atom stereocenters. The lowest BCUT2D eigenvalue weighted by Crippen LogP contribution is -2.29. The number of pyridine rings is 1. The van der Waals surface area contributed by atoms with Crippen molar-refractivity contribution in [2.24, 2.45) is 0 Å². The van der Waals surface area contributed by atoms with Gasteiger partial charge in [0.1, 0.15) is 0 Å². The van der Waals surface area contributed by atoms with Gasteiger partial charge in [0, 0.05) is 47.7 Å². The summed E-state index contributed by atoms with van der Waals surface area (Å²) in [5.41, 5.74) is 9.48. The number of aromatic nitrogens is 2. The van der Waals surface area contributed by atoms with Crippen LogP contribution < -0.4 is 15.1 Å². The number of benzene rings is 2. The van der Waals surface area contributed by atoms with E-state index >= 15 is 0 Å². The van der Waals surface area contributed by atoms with E-state index in [0.717, 1.165) is 36.0 Å². The summed E-state index contributed by atoms with van der Waals surface area (Å²) in [6.07, 6.45) is 2.87. The predicted molar refractivity (Wildman–Crippen MR) is 163 cm³/mol. The van der Waals surface area contributed by atoms with Crippen LogP contribution >= 0.6 is 12.2 Å². The van der Waals surface area contributed by atoms with E-state index < -0.39 is 0 Å². The minimum Gasteiger partial charge on any atom is -0.372 e. The lowest BCUT2D eigenvalue weighted by Gasteiger charge is -2.28. The number of nitrogens with one attached hydrogen (secondary N) is 1. The highest BCUT2D eigenvalue weighted by Crippen LogP contribution is 2.43. The third-order valence-corrected chi connectivity index (χ3v) is 8.06. The van der Waals surface area contributed by atoms with Gasteiger partial charge >= 0.3 is 0 Å². The molecule has 1 fully saturated rings. The van der Waals surface area contributed by atoms with Crippen LogP contribution in [0.5, 0.6) is 0 Å². The Balaban J connectivity index is 1.60. The van der Waals surface area contributed by atoms with Gasteiger partial charge in [-0.15, -0.1) is 0 Å². The van der Waals surface area contributed by atoms with Crippen LogP contribution in [0.15, 0.2) is 79.0 Å². The summed E-state index contributed by atoms with van der Waals surface area (Å²) >= 11 is 5.95. The highest BCUT2D eigenvalue weighted by molar-refractivity contribution is 7.80. The first kappa shape index (κ1) is 26.0. The summed E-state index contributed by atoms with van der Waals surface area (Å²) in [6.45, 7) is 13.0. The molecule has 0 aliphatic carbocycles. The van der Waals surface area contributed by atoms with E-state index in [-0.39, 0.29) is 12.1 Å². The van der Waals surface area contributed by atoms with Crippen molar-refractivity contribution in [3.05, 3.63) is 107 Å². The van der Waals surface area contributed by atoms with Crippen LogP contribution in [0.2, 0.25) is 0 Å². The standard InChI is InChI=1S/C32H37N5S/c1-6-24-12-14-27(15-13-24)37-31(30(34-32(37)38)29-11-9-10-20-33-29)28-21-22(4)36(23(28)5)26-18-16-25(17-19-26)35(7-2)8-3/h9-21,30-31H,6-8H2,1-5H3,(H,34,38)/t30-,31+/m1/s1. The Bertz CT molecular complexity index is 1390. The second-order valence-corrected chi connectivity index (χ2v) is 10.3. The second kappa shape index (κ2) is 11.0. The first-order valence-electron chi connectivity index (χ1n) is 13.6. The number of hydrogen-bond donors (Lipinski definition) is 1. The van der Waals surface area contributed by atoms with Crippen LogP contribution in [-0.2, 0) is 6.42 Å². The number of aryl methyl sites for hydroxylation is 2. The Morgan fingerprint density at radius 3 is 2.18 bits per heavy atom. The topological polar surface area (TPSA) is 36.3 Å². The van der Waals surface area contributed by atoms with Gasteiger partial charge in [0.15, 0.2) is 5.11 Å². The molecule has 1 saturated heterocycles. The zero-order valence-electron chi connectivity index (χ0n) is 23.0. The van der Waals surface area contributed by atoms with Gasteiger partial charge in [-0.1, -0.05) is 25.1 Å². The molecule has 0 saturated carbocycles. The Kier molecular flexibility index (Phi) is 7.52. The van der Waals surface area contributed by atoms with Crippen molar-refractivity contribution in [1.29, 1.82) is 0 Å². The maximum atomic E-state index is 5.95. The Morgan fingerprint density at radius 2 is 1.58 bits per heavy atom. The first-order chi connectivity index (χ1) is 18.5. The number of hydrogen-bond acceptors (Lipinski definition) is 3. The fourth-order valence-corrected chi connectivity index (χ4v) is 6.07. The molecule has 38 heavy (non-hydrogen) atoms. The molecule has 1 N–H and O–H groups in total. The molecule has 5 nitrogen and oxygen atoms in total. The molecule has 1 aliphatic heterocycles. The van der Waals surface area contributed by atoms with E-state index in [4.69, 9.17) is 17.2 Å². The van der Waals surface area contributed by atoms with Crippen LogP contribution in [0.25, 0.3) is 5.69 Å². The SMILES string of the molecule is CCc1ccc(N2C(=S)N[C@H](c3ccccn3)[C@@H]2c2cc(C)n(-c3ccc(N(CC)CC)cc3)c2C)cc1. The monoisotopic (exact) mass is 523 g/mol. The third kappa shape index (κ3) is 4.69. The highest BCUT2D eigenvalue weighted by Gasteiger charge is 2.42. The summed E-state index contributed by atoms with van der Waals surface area (Å²) in [7, 11) is 0. The molecule has 6 heteroatoms. The van der Waals surface area contributed by atoms with Gasteiger partial charge in [-0.25, -0.2) is 0 Å². The minimum absolute atomic E-state index is 0.0280. The van der Waals surface area contributed by atoms with Gasteiger partial charge in [0.25, 0.3) is 0 Å². The molecular weight excluding hydrogens is 486 g/mol. The Morgan fingerprint density at radius 1 is 0.895 bits per heavy atom. The van der Waals surface area contributed by atoms with Gasteiger partial charge in [0.2, 0.25) is 0 Å². The Hall–Kier alpha value is -3.64. The molecule has 0 spiro atoms. The van der Waals surface area contributed by atoms with Crippen molar-refractivity contribution in [2.75, 3.05) is 22.9 Å². The molecule has 0 bridgehead atoms. The molecule has 196 valence electrons. The Labute approximate surface area is 232 Å². The van der Waals surface area contributed by atoms with Gasteiger partial charge < -0.3 is 19.7 Å². The van der Waals surface area contributed by atoms with E-state index in [9.17, 15) is 0 Å². The zero-order chi connectivity index (χ0) is 26.8. The molecule has 0 radical (unpaired) electrons. The lowest BCUT2D eigenvalue weighted by atomic mass is 9.96. The molecule has 2 aromatic carbocycles. The predicted octanol–water partition coefficient (Wildman–Crippen LogP) is 7.07. The smallest absolute Gasteiger partial charge is 0.174 e. The van der Waals surface area contributed by atoms with Gasteiger partial charge in [-0.05, 0) is 112 Å². The molecule has 3 heterocycles. The molecule has 1 aliphatic rings. The van der Waals surface area contributed by atoms with Crippen molar-refractivity contribution in [1.82, 2.24) is 14.9 Å². The lowest BCUT2D eigenvalue weighted by molar-refractivity contribution is 0.565. The molecule has 0 unspecified atom stereocenters. The van der Waals surface area contributed by atoms with Crippen molar-refractivity contribution >= 4 is 28.7 Å². The van der Waals surface area contributed by atoms with Gasteiger partial charge in [0.05, 0.1) is 17.8 Å². The fourth-order valence-electron chi connectivity index (χ4n) is 5.73. The van der Waals surface area contributed by atoms with Crippen LogP contribution in [0.4, 0.5) is 11.4 Å². The van der Waals surface area contributed by atoms with Crippen molar-refractivity contribution in [3.63, 3.8) is 0 Å². The molecule has 0 amide bonds. The first-order valence-corrected chi connectivity index (χ1v) is 14.0. The van der Waals surface area contributed by atoms with Crippen molar-refractivity contribution in [3.8, 4) is 5.69 Å². The summed E-state index contributed by atoms with van der Waals surface area (Å²) in [6, 6.07) is 26.0. The van der Waals surface area contributed by atoms with E-state index in [0.29, 0.717) is 0 Å². The number of anilines is 2. The quantitative estimate of drug-likeness (QED) is 0.250. The van der Waals surface area contributed by atoms with Crippen LogP contribution in [0, 0.1) is 13.8 Å². The maximum Gasteiger partial charge on any atom is 0.174 e. The number of nitrogens with zero attached hydrogens (tertiary/aromatic N) is 4. The van der Waals surface area contributed by atoms with Crippen LogP contribution in [0.3, 0.4) is 0 Å². The average molecular weight is 524 g/mol. The van der Waals surface area contributed by atoms with Crippen LogP contribution in [-0.4, -0.2) is 27.8 Å². The normalized spacial score (nSPS) is 17.1. The summed E-state index contributed by atoms with van der Waals surface area (Å²) < 4.78 is 2.36. The summed E-state index contributed by atoms with van der Waals surface area (Å²) in [5, 5.41) is 4.33. The average Bonchev–Trinajstić information content (AvgIpc) is 3.45. The van der Waals surface area contributed by atoms with E-state index in [1.54, 1.807) is 0 Å². The molecular formula is C32H37N5S. The van der Waals surface area contributed by atoms with Gasteiger partial charge in [-0.3, -0.25) is 4.98 Å². The van der Waals surface area contributed by atoms with E-state index in [1.165, 1.54) is 33.9 Å². The van der Waals surface area contributed by atoms with Crippen molar-refractivity contribution < 1.29 is 0 Å². The largest absolute Gasteiger partial charge is 0.372 e. The third-order valence-electron chi connectivity index (χ3n) is 7.75. The maximum absolute atomic E-state index is 5.95. The number of rotatable bonds is 8. The number of thiocarbonyl (C=S) groups is 1. The van der Waals surface area contributed by atoms with E-state index in [1.807, 2.05) is 18.3 Å². The summed E-state index contributed by atoms with van der Waals surface area (Å²) in [4.78, 5) is 9.36. The van der Waals surface area contributed by atoms with Crippen molar-refractivity contribution in [2.45, 2.75) is 53.1 Å². The minimum atomic E-state index is -0.0615. The molecule has 4 aromatic rings. The summed E-state index contributed by atoms with van der Waals surface area (Å²) in [5.74, 6) is 0. The van der Waals surface area contributed by atoms with E-state index in [2.05, 4.69) is 115 Å². The second-order valence-electron chi connectivity index (χ2n) is 9.87. The van der Waals surface area contributed by atoms with Crippen LogP contribution in [0.1, 0.15) is 61.1 Å².